The molecule has 13 heavy (non-hydrogen) atoms. The fourth-order valence-electron chi connectivity index (χ4n) is 1.25. The van der Waals surface area contributed by atoms with Crippen LogP contribution in [0.4, 0.5) is 0 Å². The molecule has 0 saturated heterocycles. The van der Waals surface area contributed by atoms with Crippen molar-refractivity contribution in [1.82, 2.24) is 0 Å². The van der Waals surface area contributed by atoms with Crippen molar-refractivity contribution in [2.75, 3.05) is 13.2 Å². The third-order valence-corrected chi connectivity index (χ3v) is 2.27. The van der Waals surface area contributed by atoms with E-state index in [2.05, 4.69) is 0 Å². The maximum atomic E-state index is 11.3. The SMILES string of the molecule is CCOC(=O)C1CC(C)=C(C)CO1. The fraction of sp³-hybridized carbons (Fsp3) is 0.700. The van der Waals surface area contributed by atoms with Crippen LogP contribution >= 0.6 is 0 Å². The molecule has 0 fully saturated rings. The summed E-state index contributed by atoms with van der Waals surface area (Å²) in [4.78, 5) is 11.3. The molecule has 1 aliphatic rings. The van der Waals surface area contributed by atoms with Crippen molar-refractivity contribution >= 4 is 5.97 Å². The van der Waals surface area contributed by atoms with Crippen LogP contribution in [0.3, 0.4) is 0 Å². The first-order valence-corrected chi connectivity index (χ1v) is 4.58. The van der Waals surface area contributed by atoms with Gasteiger partial charge in [0.1, 0.15) is 0 Å². The molecule has 0 N–H and O–H groups in total. The van der Waals surface area contributed by atoms with E-state index in [-0.39, 0.29) is 12.1 Å². The first kappa shape index (κ1) is 10.3. The van der Waals surface area contributed by atoms with Crippen molar-refractivity contribution in [2.24, 2.45) is 0 Å². The van der Waals surface area contributed by atoms with Crippen molar-refractivity contribution in [3.63, 3.8) is 0 Å². The normalized spacial score (nSPS) is 23.2. The summed E-state index contributed by atoms with van der Waals surface area (Å²) < 4.78 is 10.2. The van der Waals surface area contributed by atoms with Crippen molar-refractivity contribution in [1.29, 1.82) is 0 Å². The van der Waals surface area contributed by atoms with Gasteiger partial charge in [0, 0.05) is 6.42 Å². The summed E-state index contributed by atoms with van der Waals surface area (Å²) in [5.74, 6) is -0.241. The molecule has 0 amide bonds. The van der Waals surface area contributed by atoms with Crippen molar-refractivity contribution in [2.45, 2.75) is 33.3 Å². The van der Waals surface area contributed by atoms with Gasteiger partial charge in [-0.25, -0.2) is 4.79 Å². The summed E-state index contributed by atoms with van der Waals surface area (Å²) in [5.41, 5.74) is 2.46. The number of rotatable bonds is 2. The van der Waals surface area contributed by atoms with Crippen LogP contribution in [0.25, 0.3) is 0 Å². The smallest absolute Gasteiger partial charge is 0.335 e. The molecule has 1 heterocycles. The number of hydrogen-bond acceptors (Lipinski definition) is 3. The molecule has 0 aromatic rings. The van der Waals surface area contributed by atoms with Gasteiger partial charge in [-0.2, -0.15) is 0 Å². The highest BCUT2D eigenvalue weighted by Crippen LogP contribution is 2.20. The molecule has 0 bridgehead atoms. The standard InChI is InChI=1S/C10H16O3/c1-4-12-10(11)9-5-7(2)8(3)6-13-9/h9H,4-6H2,1-3H3. The molecule has 0 saturated carbocycles. The van der Waals surface area contributed by atoms with Crippen LogP contribution in [-0.4, -0.2) is 25.3 Å². The second-order valence-corrected chi connectivity index (χ2v) is 3.32. The van der Waals surface area contributed by atoms with E-state index < -0.39 is 0 Å². The first-order valence-electron chi connectivity index (χ1n) is 4.58. The Hall–Kier alpha value is -0.830. The van der Waals surface area contributed by atoms with Gasteiger partial charge in [-0.05, 0) is 26.3 Å². The second kappa shape index (κ2) is 4.42. The minimum absolute atomic E-state index is 0.241. The summed E-state index contributed by atoms with van der Waals surface area (Å²) in [6.07, 6.45) is 0.286. The summed E-state index contributed by atoms with van der Waals surface area (Å²) in [6, 6.07) is 0. The Kier molecular flexibility index (Phi) is 3.48. The summed E-state index contributed by atoms with van der Waals surface area (Å²) >= 11 is 0. The molecule has 0 aromatic heterocycles. The Labute approximate surface area is 78.7 Å². The fourth-order valence-corrected chi connectivity index (χ4v) is 1.25. The Morgan fingerprint density at radius 2 is 2.23 bits per heavy atom. The van der Waals surface area contributed by atoms with Gasteiger partial charge in [0.15, 0.2) is 6.10 Å². The molecule has 0 spiro atoms. The lowest BCUT2D eigenvalue weighted by Gasteiger charge is -2.23. The molecular formula is C10H16O3. The Bertz CT molecular complexity index is 230. The van der Waals surface area contributed by atoms with E-state index in [0.29, 0.717) is 19.6 Å². The van der Waals surface area contributed by atoms with E-state index >= 15 is 0 Å². The summed E-state index contributed by atoms with van der Waals surface area (Å²) in [7, 11) is 0. The van der Waals surface area contributed by atoms with Crippen molar-refractivity contribution < 1.29 is 14.3 Å². The quantitative estimate of drug-likeness (QED) is 0.484. The van der Waals surface area contributed by atoms with Gasteiger partial charge >= 0.3 is 5.97 Å². The molecule has 1 rings (SSSR count). The van der Waals surface area contributed by atoms with Gasteiger partial charge < -0.3 is 9.47 Å². The van der Waals surface area contributed by atoms with Gasteiger partial charge in [-0.3, -0.25) is 0 Å². The number of carbonyl (C=O) groups is 1. The molecule has 1 atom stereocenters. The lowest BCUT2D eigenvalue weighted by molar-refractivity contribution is -0.156. The predicted octanol–water partition coefficient (Wildman–Crippen LogP) is 1.67. The Balaban J connectivity index is 2.53. The maximum Gasteiger partial charge on any atom is 0.335 e. The van der Waals surface area contributed by atoms with Crippen LogP contribution in [0, 0.1) is 0 Å². The van der Waals surface area contributed by atoms with Crippen molar-refractivity contribution in [3.8, 4) is 0 Å². The molecule has 3 nitrogen and oxygen atoms in total. The molecule has 3 heteroatoms. The lowest BCUT2D eigenvalue weighted by Crippen LogP contribution is -2.30. The average Bonchev–Trinajstić information content (AvgIpc) is 2.10. The minimum Gasteiger partial charge on any atom is -0.464 e. The van der Waals surface area contributed by atoms with Gasteiger partial charge in [0.05, 0.1) is 13.2 Å². The Morgan fingerprint density at radius 3 is 2.77 bits per heavy atom. The van der Waals surface area contributed by atoms with E-state index in [1.807, 2.05) is 13.8 Å². The van der Waals surface area contributed by atoms with Crippen LogP contribution in [0.5, 0.6) is 0 Å². The third kappa shape index (κ3) is 2.56. The largest absolute Gasteiger partial charge is 0.464 e. The molecule has 0 aromatic carbocycles. The number of ether oxygens (including phenoxy) is 2. The lowest BCUT2D eigenvalue weighted by atomic mass is 10.0. The molecular weight excluding hydrogens is 168 g/mol. The zero-order chi connectivity index (χ0) is 9.84. The molecule has 1 aliphatic heterocycles. The highest BCUT2D eigenvalue weighted by atomic mass is 16.6. The van der Waals surface area contributed by atoms with Crippen LogP contribution in [0.1, 0.15) is 27.2 Å². The van der Waals surface area contributed by atoms with E-state index in [1.165, 1.54) is 11.1 Å². The summed E-state index contributed by atoms with van der Waals surface area (Å²) in [5, 5.41) is 0. The van der Waals surface area contributed by atoms with E-state index in [9.17, 15) is 4.79 Å². The van der Waals surface area contributed by atoms with Gasteiger partial charge in [-0.1, -0.05) is 5.57 Å². The van der Waals surface area contributed by atoms with Gasteiger partial charge in [0.2, 0.25) is 0 Å². The average molecular weight is 184 g/mol. The minimum atomic E-state index is -0.386. The molecule has 1 unspecified atom stereocenters. The highest BCUT2D eigenvalue weighted by molar-refractivity contribution is 5.75. The van der Waals surface area contributed by atoms with Gasteiger partial charge in [-0.15, -0.1) is 0 Å². The van der Waals surface area contributed by atoms with E-state index in [0.717, 1.165) is 0 Å². The third-order valence-electron chi connectivity index (χ3n) is 2.27. The van der Waals surface area contributed by atoms with E-state index in [4.69, 9.17) is 9.47 Å². The molecule has 74 valence electrons. The van der Waals surface area contributed by atoms with Crippen LogP contribution in [-0.2, 0) is 14.3 Å². The number of hydrogen-bond donors (Lipinski definition) is 0. The van der Waals surface area contributed by atoms with Crippen LogP contribution in [0.2, 0.25) is 0 Å². The summed E-state index contributed by atoms with van der Waals surface area (Å²) in [6.45, 7) is 6.82. The van der Waals surface area contributed by atoms with Gasteiger partial charge in [0.25, 0.3) is 0 Å². The molecule has 0 aliphatic carbocycles. The number of esters is 1. The zero-order valence-electron chi connectivity index (χ0n) is 8.42. The molecule has 0 radical (unpaired) electrons. The Morgan fingerprint density at radius 1 is 1.54 bits per heavy atom. The first-order chi connectivity index (χ1) is 6.15. The zero-order valence-corrected chi connectivity index (χ0v) is 8.42. The highest BCUT2D eigenvalue weighted by Gasteiger charge is 2.24. The van der Waals surface area contributed by atoms with Crippen LogP contribution < -0.4 is 0 Å². The topological polar surface area (TPSA) is 35.5 Å². The predicted molar refractivity (Wildman–Crippen MR) is 49.4 cm³/mol. The van der Waals surface area contributed by atoms with Crippen molar-refractivity contribution in [3.05, 3.63) is 11.1 Å². The maximum absolute atomic E-state index is 11.3. The monoisotopic (exact) mass is 184 g/mol. The van der Waals surface area contributed by atoms with E-state index in [1.54, 1.807) is 6.92 Å². The second-order valence-electron chi connectivity index (χ2n) is 3.32. The number of carbonyl (C=O) groups excluding carboxylic acids is 1. The van der Waals surface area contributed by atoms with Crippen LogP contribution in [0.15, 0.2) is 11.1 Å².